The van der Waals surface area contributed by atoms with E-state index in [-0.39, 0.29) is 11.3 Å². The van der Waals surface area contributed by atoms with Crippen molar-refractivity contribution in [3.05, 3.63) is 43.0 Å². The van der Waals surface area contributed by atoms with Gasteiger partial charge in [0.2, 0.25) is 5.91 Å². The first-order valence-electron chi connectivity index (χ1n) is 13.0. The van der Waals surface area contributed by atoms with Gasteiger partial charge in [0.25, 0.3) is 0 Å². The normalized spacial score (nSPS) is 14.3. The van der Waals surface area contributed by atoms with Gasteiger partial charge < -0.3 is 15.2 Å². The SMILES string of the molecule is CC(C)(C)CC(=O)Nc1cncc(-c2ccc3[nH]nc(-c4nc5c(N6CCCCC6)cncc5[nH]4)c3n2)c1. The lowest BCUT2D eigenvalue weighted by Crippen LogP contribution is -2.29. The highest BCUT2D eigenvalue weighted by atomic mass is 16.1. The number of hydrogen-bond donors (Lipinski definition) is 3. The summed E-state index contributed by atoms with van der Waals surface area (Å²) < 4.78 is 0. The summed E-state index contributed by atoms with van der Waals surface area (Å²) in [5, 5.41) is 10.6. The number of fused-ring (bicyclic) bond motifs is 2. The number of aromatic nitrogens is 7. The number of hydrogen-bond acceptors (Lipinski definition) is 7. The van der Waals surface area contributed by atoms with E-state index < -0.39 is 0 Å². The molecular formula is C28H31N9O. The lowest BCUT2D eigenvalue weighted by Gasteiger charge is -2.28. The summed E-state index contributed by atoms with van der Waals surface area (Å²) in [6, 6.07) is 5.75. The fourth-order valence-electron chi connectivity index (χ4n) is 4.96. The van der Waals surface area contributed by atoms with Gasteiger partial charge in [-0.25, -0.2) is 9.97 Å². The summed E-state index contributed by atoms with van der Waals surface area (Å²) in [6.07, 6.45) is 11.1. The predicted molar refractivity (Wildman–Crippen MR) is 149 cm³/mol. The number of amides is 1. The van der Waals surface area contributed by atoms with Gasteiger partial charge in [0.15, 0.2) is 11.5 Å². The highest BCUT2D eigenvalue weighted by Crippen LogP contribution is 2.32. The second-order valence-corrected chi connectivity index (χ2v) is 11.1. The average molecular weight is 510 g/mol. The van der Waals surface area contributed by atoms with Gasteiger partial charge >= 0.3 is 0 Å². The van der Waals surface area contributed by atoms with Crippen LogP contribution in [0, 0.1) is 5.41 Å². The first kappa shape index (κ1) is 24.0. The molecule has 1 aliphatic rings. The molecule has 0 aliphatic carbocycles. The van der Waals surface area contributed by atoms with Crippen molar-refractivity contribution in [1.82, 2.24) is 35.1 Å². The Morgan fingerprint density at radius 1 is 0.974 bits per heavy atom. The smallest absolute Gasteiger partial charge is 0.224 e. The molecule has 1 aliphatic heterocycles. The zero-order valence-corrected chi connectivity index (χ0v) is 21.9. The number of rotatable bonds is 5. The van der Waals surface area contributed by atoms with Crippen LogP contribution in [0.5, 0.6) is 0 Å². The van der Waals surface area contributed by atoms with Crippen LogP contribution in [0.15, 0.2) is 43.0 Å². The van der Waals surface area contributed by atoms with Crippen LogP contribution < -0.4 is 10.2 Å². The molecular weight excluding hydrogens is 478 g/mol. The van der Waals surface area contributed by atoms with Crippen molar-refractivity contribution in [2.75, 3.05) is 23.3 Å². The Morgan fingerprint density at radius 3 is 2.61 bits per heavy atom. The molecule has 38 heavy (non-hydrogen) atoms. The first-order chi connectivity index (χ1) is 18.3. The molecule has 1 saturated heterocycles. The van der Waals surface area contributed by atoms with Gasteiger partial charge in [-0.15, -0.1) is 0 Å². The lowest BCUT2D eigenvalue weighted by atomic mass is 9.92. The van der Waals surface area contributed by atoms with E-state index >= 15 is 0 Å². The van der Waals surface area contributed by atoms with Crippen molar-refractivity contribution in [2.45, 2.75) is 46.5 Å². The van der Waals surface area contributed by atoms with Crippen molar-refractivity contribution in [2.24, 2.45) is 5.41 Å². The minimum atomic E-state index is -0.0966. The maximum atomic E-state index is 12.4. The van der Waals surface area contributed by atoms with Gasteiger partial charge in [-0.2, -0.15) is 5.10 Å². The van der Waals surface area contributed by atoms with E-state index in [4.69, 9.17) is 9.97 Å². The molecule has 5 aromatic heterocycles. The first-order valence-corrected chi connectivity index (χ1v) is 13.0. The fraction of sp³-hybridized carbons (Fsp3) is 0.357. The topological polar surface area (TPSA) is 128 Å². The monoisotopic (exact) mass is 509 g/mol. The fourth-order valence-corrected chi connectivity index (χ4v) is 4.96. The van der Waals surface area contributed by atoms with Gasteiger partial charge in [-0.1, -0.05) is 20.8 Å². The summed E-state index contributed by atoms with van der Waals surface area (Å²) in [7, 11) is 0. The van der Waals surface area contributed by atoms with Gasteiger partial charge in [0.1, 0.15) is 11.0 Å². The number of carbonyl (C=O) groups excluding carboxylic acids is 1. The van der Waals surface area contributed by atoms with E-state index in [2.05, 4.69) is 35.4 Å². The maximum Gasteiger partial charge on any atom is 0.224 e. The van der Waals surface area contributed by atoms with Gasteiger partial charge in [-0.05, 0) is 42.9 Å². The third kappa shape index (κ3) is 4.81. The summed E-state index contributed by atoms with van der Waals surface area (Å²) in [6.45, 7) is 8.15. The number of carbonyl (C=O) groups is 1. The van der Waals surface area contributed by atoms with Crippen LogP contribution >= 0.6 is 0 Å². The van der Waals surface area contributed by atoms with Gasteiger partial charge in [0, 0.05) is 31.3 Å². The van der Waals surface area contributed by atoms with Crippen LogP contribution in [-0.4, -0.2) is 54.1 Å². The van der Waals surface area contributed by atoms with Crippen LogP contribution in [0.1, 0.15) is 46.5 Å². The third-order valence-electron chi connectivity index (χ3n) is 6.71. The van der Waals surface area contributed by atoms with E-state index in [1.54, 1.807) is 18.6 Å². The van der Waals surface area contributed by atoms with Crippen molar-refractivity contribution < 1.29 is 4.79 Å². The number of imidazole rings is 1. The zero-order chi connectivity index (χ0) is 26.3. The molecule has 194 valence electrons. The van der Waals surface area contributed by atoms with Crippen molar-refractivity contribution in [3.63, 3.8) is 0 Å². The lowest BCUT2D eigenvalue weighted by molar-refractivity contribution is -0.117. The minimum Gasteiger partial charge on any atom is -0.368 e. The second-order valence-electron chi connectivity index (χ2n) is 11.1. The Morgan fingerprint density at radius 2 is 1.79 bits per heavy atom. The summed E-state index contributed by atoms with van der Waals surface area (Å²) >= 11 is 0. The zero-order valence-electron chi connectivity index (χ0n) is 21.9. The Hall–Kier alpha value is -4.34. The molecule has 6 heterocycles. The Balaban J connectivity index is 1.33. The molecule has 6 rings (SSSR count). The molecule has 0 aromatic carbocycles. The summed E-state index contributed by atoms with van der Waals surface area (Å²) in [4.78, 5) is 36.8. The largest absolute Gasteiger partial charge is 0.368 e. The molecule has 10 heteroatoms. The Bertz CT molecular complexity index is 1620. The van der Waals surface area contributed by atoms with Crippen molar-refractivity contribution in [1.29, 1.82) is 0 Å². The quantitative estimate of drug-likeness (QED) is 0.292. The number of nitrogens with zero attached hydrogens (tertiary/aromatic N) is 6. The molecule has 0 unspecified atom stereocenters. The number of H-pyrrole nitrogens is 2. The molecule has 1 fully saturated rings. The second kappa shape index (κ2) is 9.51. The van der Waals surface area contributed by atoms with Crippen LogP contribution in [-0.2, 0) is 4.79 Å². The number of anilines is 2. The molecule has 0 spiro atoms. The molecule has 0 atom stereocenters. The van der Waals surface area contributed by atoms with E-state index in [0.717, 1.165) is 46.6 Å². The van der Waals surface area contributed by atoms with Crippen LogP contribution in [0.25, 0.3) is 44.8 Å². The third-order valence-corrected chi connectivity index (χ3v) is 6.71. The van der Waals surface area contributed by atoms with Crippen molar-refractivity contribution >= 4 is 39.3 Å². The number of aromatic amines is 2. The summed E-state index contributed by atoms with van der Waals surface area (Å²) in [5.74, 6) is 0.601. The van der Waals surface area contributed by atoms with E-state index in [1.165, 1.54) is 19.3 Å². The van der Waals surface area contributed by atoms with E-state index in [9.17, 15) is 4.79 Å². The predicted octanol–water partition coefficient (Wildman–Crippen LogP) is 5.32. The summed E-state index contributed by atoms with van der Waals surface area (Å²) in [5.41, 5.74) is 7.05. The number of pyridine rings is 3. The standard InChI is InChI=1S/C28H31N9O/c1-28(2,3)12-23(38)31-18-11-17(13-29-14-18)19-7-8-20-25(32-19)26(36-35-20)27-33-21-15-30-16-22(24(21)34-27)37-9-5-4-6-10-37/h7-8,11,13-16H,4-6,9-10,12H2,1-3H3,(H,31,38)(H,33,34)(H,35,36). The van der Waals surface area contributed by atoms with Gasteiger partial charge in [0.05, 0.1) is 46.7 Å². The molecule has 1 amide bonds. The molecule has 3 N–H and O–H groups in total. The van der Waals surface area contributed by atoms with Crippen molar-refractivity contribution in [3.8, 4) is 22.8 Å². The van der Waals surface area contributed by atoms with Gasteiger partial charge in [-0.3, -0.25) is 19.9 Å². The van der Waals surface area contributed by atoms with E-state index in [1.807, 2.05) is 45.2 Å². The minimum absolute atomic E-state index is 0.0414. The molecule has 5 aromatic rings. The molecule has 10 nitrogen and oxygen atoms in total. The van der Waals surface area contributed by atoms with Crippen LogP contribution in [0.3, 0.4) is 0 Å². The number of piperidine rings is 1. The number of nitrogens with one attached hydrogen (secondary N) is 3. The molecule has 0 radical (unpaired) electrons. The van der Waals surface area contributed by atoms with Crippen LogP contribution in [0.4, 0.5) is 11.4 Å². The Kier molecular flexibility index (Phi) is 6.01. The average Bonchev–Trinajstić information content (AvgIpc) is 3.51. The van der Waals surface area contributed by atoms with E-state index in [0.29, 0.717) is 29.1 Å². The van der Waals surface area contributed by atoms with Crippen LogP contribution in [0.2, 0.25) is 0 Å². The molecule has 0 saturated carbocycles. The highest BCUT2D eigenvalue weighted by molar-refractivity contribution is 5.95. The maximum absolute atomic E-state index is 12.4. The Labute approximate surface area is 220 Å². The molecule has 0 bridgehead atoms. The highest BCUT2D eigenvalue weighted by Gasteiger charge is 2.20.